The summed E-state index contributed by atoms with van der Waals surface area (Å²) in [6.07, 6.45) is 11.4. The van der Waals surface area contributed by atoms with E-state index >= 15 is 0 Å². The van der Waals surface area contributed by atoms with Crippen molar-refractivity contribution in [2.24, 2.45) is 11.8 Å². The van der Waals surface area contributed by atoms with Crippen LogP contribution in [0.3, 0.4) is 0 Å². The number of rotatable bonds is 7. The molecule has 2 saturated carbocycles. The fourth-order valence-electron chi connectivity index (χ4n) is 3.64. The van der Waals surface area contributed by atoms with E-state index in [4.69, 9.17) is 4.74 Å². The molecule has 2 aliphatic carbocycles. The number of aliphatic hydroxyl groups is 2. The first-order valence-electron chi connectivity index (χ1n) is 9.29. The summed E-state index contributed by atoms with van der Waals surface area (Å²) < 4.78 is 5.25. The fourth-order valence-corrected chi connectivity index (χ4v) is 3.64. The standard InChI is InChI=1S/C20H30O5/c1-25-20-12-15(6-11-19(20)24)5-10-18(23)13-17(22)9-4-14-2-7-16(21)8-3-14/h4-5,9-10,14-16,19-21,24H,2-3,6-8,11-13H2,1H3/b9-4+,10-5+. The first-order chi connectivity index (χ1) is 12.0. The Labute approximate surface area is 149 Å². The van der Waals surface area contributed by atoms with Gasteiger partial charge < -0.3 is 14.9 Å². The third-order valence-corrected chi connectivity index (χ3v) is 5.30. The minimum atomic E-state index is -0.432. The predicted octanol–water partition coefficient (Wildman–Crippen LogP) is 2.35. The number of ether oxygens (including phenoxy) is 1. The van der Waals surface area contributed by atoms with Gasteiger partial charge in [0.15, 0.2) is 11.6 Å². The molecule has 5 heteroatoms. The van der Waals surface area contributed by atoms with Crippen LogP contribution in [0.25, 0.3) is 0 Å². The lowest BCUT2D eigenvalue weighted by Crippen LogP contribution is -2.34. The molecular weight excluding hydrogens is 320 g/mol. The SMILES string of the molecule is COC1CC(/C=C/C(=O)CC(=O)/C=C/C2CCC(O)CC2)CCC1O. The number of ketones is 2. The van der Waals surface area contributed by atoms with Crippen molar-refractivity contribution in [3.05, 3.63) is 24.3 Å². The van der Waals surface area contributed by atoms with Gasteiger partial charge in [-0.3, -0.25) is 9.59 Å². The Bertz CT molecular complexity index is 502. The first kappa shape index (κ1) is 20.0. The zero-order chi connectivity index (χ0) is 18.2. The molecule has 0 radical (unpaired) electrons. The second-order valence-corrected chi connectivity index (χ2v) is 7.31. The quantitative estimate of drug-likeness (QED) is 0.544. The largest absolute Gasteiger partial charge is 0.393 e. The lowest BCUT2D eigenvalue weighted by Gasteiger charge is -2.30. The molecule has 0 amide bonds. The summed E-state index contributed by atoms with van der Waals surface area (Å²) in [6.45, 7) is 0. The van der Waals surface area contributed by atoms with Crippen LogP contribution in [-0.2, 0) is 14.3 Å². The number of carbonyl (C=O) groups is 2. The van der Waals surface area contributed by atoms with Crippen molar-refractivity contribution in [3.8, 4) is 0 Å². The third kappa shape index (κ3) is 6.84. The molecule has 0 spiro atoms. The Morgan fingerprint density at radius 2 is 1.48 bits per heavy atom. The van der Waals surface area contributed by atoms with Crippen LogP contribution in [0.1, 0.15) is 51.4 Å². The van der Waals surface area contributed by atoms with Gasteiger partial charge in [-0.15, -0.1) is 0 Å². The van der Waals surface area contributed by atoms with Crippen LogP contribution in [-0.4, -0.2) is 47.2 Å². The van der Waals surface area contributed by atoms with Gasteiger partial charge in [0.1, 0.15) is 0 Å². The average molecular weight is 350 g/mol. The average Bonchev–Trinajstić information content (AvgIpc) is 2.60. The summed E-state index contributed by atoms with van der Waals surface area (Å²) in [6, 6.07) is 0. The molecule has 0 aromatic carbocycles. The highest BCUT2D eigenvalue weighted by Crippen LogP contribution is 2.27. The molecule has 0 saturated heterocycles. The molecule has 2 aliphatic rings. The van der Waals surface area contributed by atoms with Gasteiger partial charge in [-0.1, -0.05) is 12.2 Å². The van der Waals surface area contributed by atoms with Gasteiger partial charge in [0.05, 0.1) is 24.7 Å². The number of allylic oxidation sites excluding steroid dienone is 4. The summed E-state index contributed by atoms with van der Waals surface area (Å²) in [5, 5.41) is 19.3. The van der Waals surface area contributed by atoms with Gasteiger partial charge >= 0.3 is 0 Å². The van der Waals surface area contributed by atoms with E-state index in [9.17, 15) is 19.8 Å². The Hall–Kier alpha value is -1.30. The summed E-state index contributed by atoms with van der Waals surface area (Å²) >= 11 is 0. The van der Waals surface area contributed by atoms with Crippen LogP contribution in [0.4, 0.5) is 0 Å². The molecule has 2 rings (SSSR count). The normalized spacial score (nSPS) is 33.8. The Kier molecular flexibility index (Phi) is 8.00. The van der Waals surface area contributed by atoms with E-state index in [2.05, 4.69) is 0 Å². The molecule has 0 aromatic rings. The number of hydrogen-bond donors (Lipinski definition) is 2. The number of hydrogen-bond acceptors (Lipinski definition) is 5. The minimum absolute atomic E-state index is 0.106. The van der Waals surface area contributed by atoms with Crippen LogP contribution in [0.15, 0.2) is 24.3 Å². The molecule has 0 aliphatic heterocycles. The maximum Gasteiger partial charge on any atom is 0.163 e. The molecule has 0 bridgehead atoms. The van der Waals surface area contributed by atoms with Crippen molar-refractivity contribution >= 4 is 11.6 Å². The van der Waals surface area contributed by atoms with Crippen LogP contribution >= 0.6 is 0 Å². The highest BCUT2D eigenvalue weighted by Gasteiger charge is 2.27. The summed E-state index contributed by atoms with van der Waals surface area (Å²) in [5.74, 6) is 0.178. The third-order valence-electron chi connectivity index (χ3n) is 5.30. The highest BCUT2D eigenvalue weighted by atomic mass is 16.5. The van der Waals surface area contributed by atoms with Crippen molar-refractivity contribution in [2.45, 2.75) is 69.7 Å². The van der Waals surface area contributed by atoms with Gasteiger partial charge in [-0.2, -0.15) is 0 Å². The van der Waals surface area contributed by atoms with E-state index in [1.807, 2.05) is 12.2 Å². The smallest absolute Gasteiger partial charge is 0.163 e. The van der Waals surface area contributed by atoms with Crippen molar-refractivity contribution < 1.29 is 24.5 Å². The van der Waals surface area contributed by atoms with Gasteiger partial charge in [0.25, 0.3) is 0 Å². The molecule has 3 atom stereocenters. The number of methoxy groups -OCH3 is 1. The molecule has 0 heterocycles. The monoisotopic (exact) mass is 350 g/mol. The van der Waals surface area contributed by atoms with Crippen LogP contribution in [0, 0.1) is 11.8 Å². The van der Waals surface area contributed by atoms with E-state index < -0.39 is 6.10 Å². The van der Waals surface area contributed by atoms with Gasteiger partial charge in [-0.25, -0.2) is 0 Å². The van der Waals surface area contributed by atoms with Crippen molar-refractivity contribution in [3.63, 3.8) is 0 Å². The molecule has 3 unspecified atom stereocenters. The van der Waals surface area contributed by atoms with Gasteiger partial charge in [-0.05, 0) is 68.9 Å². The zero-order valence-corrected chi connectivity index (χ0v) is 15.0. The van der Waals surface area contributed by atoms with Crippen molar-refractivity contribution in [1.82, 2.24) is 0 Å². The Morgan fingerprint density at radius 1 is 0.920 bits per heavy atom. The zero-order valence-electron chi connectivity index (χ0n) is 15.0. The molecule has 5 nitrogen and oxygen atoms in total. The van der Waals surface area contributed by atoms with Crippen LogP contribution < -0.4 is 0 Å². The number of aliphatic hydroxyl groups excluding tert-OH is 2. The molecular formula is C20H30O5. The Balaban J connectivity index is 1.73. The second-order valence-electron chi connectivity index (χ2n) is 7.31. The Morgan fingerprint density at radius 3 is 2.08 bits per heavy atom. The molecule has 0 aromatic heterocycles. The van der Waals surface area contributed by atoms with Crippen molar-refractivity contribution in [1.29, 1.82) is 0 Å². The van der Waals surface area contributed by atoms with Crippen LogP contribution in [0.5, 0.6) is 0 Å². The summed E-state index contributed by atoms with van der Waals surface area (Å²) in [7, 11) is 1.59. The van der Waals surface area contributed by atoms with E-state index in [0.717, 1.165) is 32.1 Å². The summed E-state index contributed by atoms with van der Waals surface area (Å²) in [4.78, 5) is 23.9. The topological polar surface area (TPSA) is 83.8 Å². The first-order valence-corrected chi connectivity index (χ1v) is 9.29. The van der Waals surface area contributed by atoms with Gasteiger partial charge in [0, 0.05) is 7.11 Å². The van der Waals surface area contributed by atoms with E-state index in [0.29, 0.717) is 18.8 Å². The predicted molar refractivity (Wildman–Crippen MR) is 95.0 cm³/mol. The summed E-state index contributed by atoms with van der Waals surface area (Å²) in [5.41, 5.74) is 0. The van der Waals surface area contributed by atoms with Crippen molar-refractivity contribution in [2.75, 3.05) is 7.11 Å². The van der Waals surface area contributed by atoms with Gasteiger partial charge in [0.2, 0.25) is 0 Å². The maximum absolute atomic E-state index is 12.0. The molecule has 2 N–H and O–H groups in total. The molecule has 25 heavy (non-hydrogen) atoms. The van der Waals surface area contributed by atoms with E-state index in [1.165, 1.54) is 12.2 Å². The highest BCUT2D eigenvalue weighted by molar-refractivity contribution is 6.08. The van der Waals surface area contributed by atoms with E-state index in [-0.39, 0.29) is 36.1 Å². The minimum Gasteiger partial charge on any atom is -0.393 e. The molecule has 140 valence electrons. The van der Waals surface area contributed by atoms with Crippen LogP contribution in [0.2, 0.25) is 0 Å². The number of carbonyl (C=O) groups excluding carboxylic acids is 2. The molecule has 2 fully saturated rings. The maximum atomic E-state index is 12.0. The second kappa shape index (κ2) is 10.00. The lowest BCUT2D eigenvalue weighted by molar-refractivity contribution is -0.122. The fraction of sp³-hybridized carbons (Fsp3) is 0.700. The lowest BCUT2D eigenvalue weighted by atomic mass is 9.85. The van der Waals surface area contributed by atoms with E-state index in [1.54, 1.807) is 7.11 Å².